The van der Waals surface area contributed by atoms with Crippen LogP contribution in [0.5, 0.6) is 5.75 Å². The van der Waals surface area contributed by atoms with Gasteiger partial charge in [0.05, 0.1) is 15.6 Å². The van der Waals surface area contributed by atoms with Gasteiger partial charge in [0.1, 0.15) is 17.4 Å². The van der Waals surface area contributed by atoms with Crippen LogP contribution < -0.4 is 10.1 Å². The van der Waals surface area contributed by atoms with Gasteiger partial charge in [0, 0.05) is 19.2 Å². The van der Waals surface area contributed by atoms with E-state index in [1.165, 1.54) is 22.5 Å². The molecule has 6 nitrogen and oxygen atoms in total. The van der Waals surface area contributed by atoms with Gasteiger partial charge in [-0.2, -0.15) is 4.31 Å². The second-order valence-electron chi connectivity index (χ2n) is 6.16. The molecule has 28 heavy (non-hydrogen) atoms. The van der Waals surface area contributed by atoms with Crippen LogP contribution in [0, 0.1) is 11.6 Å². The van der Waals surface area contributed by atoms with Gasteiger partial charge in [-0.05, 0) is 43.2 Å². The van der Waals surface area contributed by atoms with Gasteiger partial charge in [0.25, 0.3) is 5.91 Å². The van der Waals surface area contributed by atoms with Gasteiger partial charge in [-0.3, -0.25) is 4.79 Å². The Morgan fingerprint density at radius 2 is 1.86 bits per heavy atom. The summed E-state index contributed by atoms with van der Waals surface area (Å²) in [6.45, 7) is 0.450. The lowest BCUT2D eigenvalue weighted by Gasteiger charge is -2.16. The van der Waals surface area contributed by atoms with Crippen molar-refractivity contribution in [3.05, 3.63) is 53.1 Å². The monoisotopic (exact) mass is 430 g/mol. The van der Waals surface area contributed by atoms with Crippen LogP contribution in [0.15, 0.2) is 41.3 Å². The van der Waals surface area contributed by atoms with Crippen molar-refractivity contribution in [2.45, 2.75) is 17.7 Å². The Labute approximate surface area is 166 Å². The molecule has 0 spiro atoms. The van der Waals surface area contributed by atoms with Crippen LogP contribution >= 0.6 is 11.6 Å². The minimum Gasteiger partial charge on any atom is -0.482 e. The molecule has 2 aromatic rings. The normalized spacial score (nSPS) is 14.8. The fourth-order valence-electron chi connectivity index (χ4n) is 2.76. The molecular formula is C18H17ClF2N2O4S. The summed E-state index contributed by atoms with van der Waals surface area (Å²) in [5, 5.41) is 2.28. The highest BCUT2D eigenvalue weighted by Gasteiger charge is 2.27. The van der Waals surface area contributed by atoms with E-state index in [1.54, 1.807) is 0 Å². The lowest BCUT2D eigenvalue weighted by molar-refractivity contribution is -0.118. The third kappa shape index (κ3) is 4.60. The molecule has 0 saturated carbocycles. The number of ether oxygens (including phenoxy) is 1. The molecule has 1 heterocycles. The van der Waals surface area contributed by atoms with Crippen LogP contribution in [0.4, 0.5) is 14.5 Å². The van der Waals surface area contributed by atoms with E-state index >= 15 is 0 Å². The number of carbonyl (C=O) groups excluding carboxylic acids is 1. The summed E-state index contributed by atoms with van der Waals surface area (Å²) >= 11 is 6.09. The van der Waals surface area contributed by atoms with Crippen LogP contribution in [0.2, 0.25) is 5.02 Å². The van der Waals surface area contributed by atoms with E-state index < -0.39 is 34.2 Å². The van der Waals surface area contributed by atoms with Crippen LogP contribution in [0.3, 0.4) is 0 Å². The van der Waals surface area contributed by atoms with Crippen molar-refractivity contribution in [2.75, 3.05) is 25.0 Å². The van der Waals surface area contributed by atoms with Gasteiger partial charge in [0.2, 0.25) is 10.0 Å². The molecule has 0 bridgehead atoms. The number of anilines is 1. The number of amides is 1. The molecule has 1 amide bonds. The molecule has 0 atom stereocenters. The molecule has 0 unspecified atom stereocenters. The summed E-state index contributed by atoms with van der Waals surface area (Å²) in [6.07, 6.45) is 1.63. The molecule has 1 aliphatic heterocycles. The Hall–Kier alpha value is -2.23. The first-order valence-electron chi connectivity index (χ1n) is 8.45. The SMILES string of the molecule is O=C(COc1ccc(S(=O)(=O)N2CCCC2)cc1Cl)Nc1ccc(F)cc1F. The molecule has 0 radical (unpaired) electrons. The smallest absolute Gasteiger partial charge is 0.262 e. The number of hydrogen-bond donors (Lipinski definition) is 1. The molecule has 150 valence electrons. The number of hydrogen-bond acceptors (Lipinski definition) is 4. The molecule has 0 aliphatic carbocycles. The molecule has 1 saturated heterocycles. The van der Waals surface area contributed by atoms with Crippen molar-refractivity contribution >= 4 is 33.2 Å². The van der Waals surface area contributed by atoms with E-state index in [0.29, 0.717) is 19.2 Å². The fourth-order valence-corrected chi connectivity index (χ4v) is 4.60. The summed E-state index contributed by atoms with van der Waals surface area (Å²) in [6, 6.07) is 6.72. The van der Waals surface area contributed by atoms with Crippen molar-refractivity contribution in [1.82, 2.24) is 4.31 Å². The minimum atomic E-state index is -3.62. The zero-order valence-electron chi connectivity index (χ0n) is 14.6. The van der Waals surface area contributed by atoms with Gasteiger partial charge >= 0.3 is 0 Å². The topological polar surface area (TPSA) is 75.7 Å². The average molecular weight is 431 g/mol. The van der Waals surface area contributed by atoms with Crippen LogP contribution in [-0.2, 0) is 14.8 Å². The fraction of sp³-hybridized carbons (Fsp3) is 0.278. The van der Waals surface area contributed by atoms with E-state index in [0.717, 1.165) is 25.0 Å². The highest BCUT2D eigenvalue weighted by molar-refractivity contribution is 7.89. The largest absolute Gasteiger partial charge is 0.482 e. The summed E-state index contributed by atoms with van der Waals surface area (Å²) in [5.41, 5.74) is -0.187. The first-order valence-corrected chi connectivity index (χ1v) is 10.3. The molecule has 2 aromatic carbocycles. The average Bonchev–Trinajstić information content (AvgIpc) is 3.18. The quantitative estimate of drug-likeness (QED) is 0.762. The predicted octanol–water partition coefficient (Wildman–Crippen LogP) is 3.42. The van der Waals surface area contributed by atoms with Gasteiger partial charge in [-0.15, -0.1) is 0 Å². The first kappa shape index (κ1) is 20.5. The number of nitrogens with zero attached hydrogens (tertiary/aromatic N) is 1. The van der Waals surface area contributed by atoms with Crippen LogP contribution in [0.1, 0.15) is 12.8 Å². The van der Waals surface area contributed by atoms with Crippen LogP contribution in [0.25, 0.3) is 0 Å². The van der Waals surface area contributed by atoms with Crippen molar-refractivity contribution in [2.24, 2.45) is 0 Å². The van der Waals surface area contributed by atoms with Crippen molar-refractivity contribution in [3.8, 4) is 5.75 Å². The Morgan fingerprint density at radius 1 is 1.14 bits per heavy atom. The van der Waals surface area contributed by atoms with Crippen LogP contribution in [-0.4, -0.2) is 38.3 Å². The van der Waals surface area contributed by atoms with Crippen molar-refractivity contribution < 1.29 is 26.7 Å². The Bertz CT molecular complexity index is 995. The number of carbonyl (C=O) groups is 1. The van der Waals surface area contributed by atoms with Gasteiger partial charge in [-0.1, -0.05) is 11.6 Å². The summed E-state index contributed by atoms with van der Waals surface area (Å²) < 4.78 is 58.1. The van der Waals surface area contributed by atoms with Gasteiger partial charge in [-0.25, -0.2) is 17.2 Å². The predicted molar refractivity (Wildman–Crippen MR) is 99.9 cm³/mol. The number of nitrogens with one attached hydrogen (secondary N) is 1. The minimum absolute atomic E-state index is 0.0287. The molecular weight excluding hydrogens is 414 g/mol. The van der Waals surface area contributed by atoms with E-state index in [4.69, 9.17) is 16.3 Å². The molecule has 1 aliphatic rings. The zero-order chi connectivity index (χ0) is 20.3. The van der Waals surface area contributed by atoms with E-state index in [1.807, 2.05) is 0 Å². The highest BCUT2D eigenvalue weighted by atomic mass is 35.5. The summed E-state index contributed by atoms with van der Waals surface area (Å²) in [7, 11) is -3.62. The van der Waals surface area contributed by atoms with Gasteiger partial charge < -0.3 is 10.1 Å². The lowest BCUT2D eigenvalue weighted by atomic mass is 10.3. The molecule has 10 heteroatoms. The maximum atomic E-state index is 13.5. The molecule has 1 fully saturated rings. The third-order valence-corrected chi connectivity index (χ3v) is 6.36. The zero-order valence-corrected chi connectivity index (χ0v) is 16.2. The maximum absolute atomic E-state index is 13.5. The van der Waals surface area contributed by atoms with Crippen molar-refractivity contribution in [3.63, 3.8) is 0 Å². The second-order valence-corrected chi connectivity index (χ2v) is 8.51. The summed E-state index contributed by atoms with van der Waals surface area (Å²) in [4.78, 5) is 11.9. The Kier molecular flexibility index (Phi) is 6.17. The first-order chi connectivity index (χ1) is 13.3. The second kappa shape index (κ2) is 8.42. The highest BCUT2D eigenvalue weighted by Crippen LogP contribution is 2.30. The van der Waals surface area contributed by atoms with Crippen molar-refractivity contribution in [1.29, 1.82) is 0 Å². The van der Waals surface area contributed by atoms with E-state index in [-0.39, 0.29) is 21.4 Å². The Morgan fingerprint density at radius 3 is 2.50 bits per heavy atom. The maximum Gasteiger partial charge on any atom is 0.262 e. The van der Waals surface area contributed by atoms with Gasteiger partial charge in [0.15, 0.2) is 6.61 Å². The summed E-state index contributed by atoms with van der Waals surface area (Å²) in [5.74, 6) is -2.25. The van der Waals surface area contributed by atoms with E-state index in [2.05, 4.69) is 5.32 Å². The number of halogens is 3. The molecule has 0 aromatic heterocycles. The van der Waals surface area contributed by atoms with E-state index in [9.17, 15) is 22.0 Å². The lowest BCUT2D eigenvalue weighted by Crippen LogP contribution is -2.27. The standard InChI is InChI=1S/C18H17ClF2N2O4S/c19-14-10-13(28(25,26)23-7-1-2-8-23)4-6-17(14)27-11-18(24)22-16-5-3-12(20)9-15(16)21/h3-6,9-10H,1-2,7-8,11H2,(H,22,24). The Balaban J connectivity index is 1.64. The number of benzene rings is 2. The number of rotatable bonds is 6. The number of sulfonamides is 1. The molecule has 1 N–H and O–H groups in total. The molecule has 3 rings (SSSR count). The third-order valence-electron chi connectivity index (χ3n) is 4.17.